The second-order valence-corrected chi connectivity index (χ2v) is 8.32. The third-order valence-corrected chi connectivity index (χ3v) is 6.29. The van der Waals surface area contributed by atoms with Gasteiger partial charge in [0.05, 0.1) is 0 Å². The first-order chi connectivity index (χ1) is 14.1. The van der Waals surface area contributed by atoms with E-state index in [0.717, 1.165) is 35.0 Å². The second-order valence-electron chi connectivity index (χ2n) is 7.13. The molecule has 0 radical (unpaired) electrons. The van der Waals surface area contributed by atoms with Crippen molar-refractivity contribution in [2.24, 2.45) is 0 Å². The van der Waals surface area contributed by atoms with Crippen LogP contribution in [0.4, 0.5) is 10.5 Å². The molecule has 3 aromatic rings. The Morgan fingerprint density at radius 2 is 1.76 bits per heavy atom. The molecule has 29 heavy (non-hydrogen) atoms. The Balaban J connectivity index is 1.49. The summed E-state index contributed by atoms with van der Waals surface area (Å²) in [7, 11) is 0. The van der Waals surface area contributed by atoms with Crippen LogP contribution < -0.4 is 10.1 Å². The summed E-state index contributed by atoms with van der Waals surface area (Å²) >= 11 is 1.77. The third-order valence-electron chi connectivity index (χ3n) is 5.03. The minimum Gasteiger partial charge on any atom is -0.457 e. The van der Waals surface area contributed by atoms with Crippen LogP contribution in [0.5, 0.6) is 11.5 Å². The number of hydrogen-bond donors (Lipinski definition) is 1. The molecule has 0 bridgehead atoms. The number of carbonyl (C=O) groups is 1. The first-order valence-corrected chi connectivity index (χ1v) is 10.7. The van der Waals surface area contributed by atoms with Crippen LogP contribution in [0.15, 0.2) is 72.8 Å². The molecule has 1 atom stereocenters. The van der Waals surface area contributed by atoms with Gasteiger partial charge in [-0.3, -0.25) is 0 Å². The van der Waals surface area contributed by atoms with Gasteiger partial charge in [-0.05, 0) is 66.9 Å². The van der Waals surface area contributed by atoms with E-state index in [4.69, 9.17) is 4.74 Å². The fourth-order valence-electron chi connectivity index (χ4n) is 3.32. The van der Waals surface area contributed by atoms with Crippen molar-refractivity contribution in [1.29, 1.82) is 0 Å². The standard InChI is InChI=1S/C24H24N2O2S/c1-17-11-12-20(15-18(17)2)25-24(27)26-13-14-29-23(26)19-7-6-10-22(16-19)28-21-8-4-3-5-9-21/h3-12,15-16,23H,13-14H2,1-2H3,(H,25,27)/t23-/m1/s1. The fourth-order valence-corrected chi connectivity index (χ4v) is 4.57. The number of ether oxygens (including phenoxy) is 1. The number of amides is 2. The SMILES string of the molecule is Cc1ccc(NC(=O)N2CCS[C@@H]2c2cccc(Oc3ccccc3)c2)cc1C. The fraction of sp³-hybridized carbons (Fsp3) is 0.208. The van der Waals surface area contributed by atoms with Crippen LogP contribution in [0.3, 0.4) is 0 Å². The Labute approximate surface area is 175 Å². The van der Waals surface area contributed by atoms with Gasteiger partial charge in [0.15, 0.2) is 0 Å². The molecule has 4 rings (SSSR count). The molecule has 3 aromatic carbocycles. The number of anilines is 1. The van der Waals surface area contributed by atoms with Gasteiger partial charge < -0.3 is 15.0 Å². The molecule has 1 N–H and O–H groups in total. The van der Waals surface area contributed by atoms with Crippen LogP contribution >= 0.6 is 11.8 Å². The predicted octanol–water partition coefficient (Wildman–Crippen LogP) is 6.38. The average molecular weight is 405 g/mol. The number of rotatable bonds is 4. The molecule has 1 aliphatic rings. The van der Waals surface area contributed by atoms with E-state index in [1.807, 2.05) is 71.6 Å². The molecule has 5 heteroatoms. The molecular weight excluding hydrogens is 380 g/mol. The number of thioether (sulfide) groups is 1. The summed E-state index contributed by atoms with van der Waals surface area (Å²) in [6.45, 7) is 4.84. The lowest BCUT2D eigenvalue weighted by atomic mass is 10.1. The number of nitrogens with zero attached hydrogens (tertiary/aromatic N) is 1. The molecular formula is C24H24N2O2S. The van der Waals surface area contributed by atoms with Crippen LogP contribution in [0.25, 0.3) is 0 Å². The summed E-state index contributed by atoms with van der Waals surface area (Å²) in [5.41, 5.74) is 4.28. The van der Waals surface area contributed by atoms with Crippen LogP contribution in [0.1, 0.15) is 22.1 Å². The molecule has 1 saturated heterocycles. The van der Waals surface area contributed by atoms with Crippen LogP contribution in [-0.2, 0) is 0 Å². The lowest BCUT2D eigenvalue weighted by Crippen LogP contribution is -2.34. The van der Waals surface area contributed by atoms with Crippen LogP contribution in [0.2, 0.25) is 0 Å². The molecule has 2 amide bonds. The number of benzene rings is 3. The molecule has 1 heterocycles. The van der Waals surface area contributed by atoms with Gasteiger partial charge in [-0.1, -0.05) is 36.4 Å². The maximum Gasteiger partial charge on any atom is 0.323 e. The molecule has 0 spiro atoms. The van der Waals surface area contributed by atoms with Gasteiger partial charge in [-0.2, -0.15) is 0 Å². The van der Waals surface area contributed by atoms with Crippen molar-refractivity contribution in [3.8, 4) is 11.5 Å². The Bertz CT molecular complexity index is 1010. The summed E-state index contributed by atoms with van der Waals surface area (Å²) in [6, 6.07) is 23.6. The zero-order chi connectivity index (χ0) is 20.2. The third kappa shape index (κ3) is 4.57. The van der Waals surface area contributed by atoms with E-state index in [2.05, 4.69) is 25.2 Å². The molecule has 0 saturated carbocycles. The van der Waals surface area contributed by atoms with E-state index in [0.29, 0.717) is 0 Å². The maximum absolute atomic E-state index is 12.9. The average Bonchev–Trinajstić information content (AvgIpc) is 3.22. The summed E-state index contributed by atoms with van der Waals surface area (Å²) in [5, 5.41) is 3.02. The highest BCUT2D eigenvalue weighted by Crippen LogP contribution is 2.39. The minimum atomic E-state index is -0.0716. The monoisotopic (exact) mass is 404 g/mol. The van der Waals surface area contributed by atoms with E-state index in [1.54, 1.807) is 11.8 Å². The first kappa shape index (κ1) is 19.4. The lowest BCUT2D eigenvalue weighted by molar-refractivity contribution is 0.214. The highest BCUT2D eigenvalue weighted by molar-refractivity contribution is 7.99. The van der Waals surface area contributed by atoms with E-state index < -0.39 is 0 Å². The highest BCUT2D eigenvalue weighted by Gasteiger charge is 2.31. The van der Waals surface area contributed by atoms with Crippen molar-refractivity contribution in [2.75, 3.05) is 17.6 Å². The van der Waals surface area contributed by atoms with Crippen molar-refractivity contribution in [3.05, 3.63) is 89.5 Å². The summed E-state index contributed by atoms with van der Waals surface area (Å²) < 4.78 is 5.97. The van der Waals surface area contributed by atoms with E-state index in [9.17, 15) is 4.79 Å². The molecule has 0 aliphatic carbocycles. The first-order valence-electron chi connectivity index (χ1n) is 9.69. The van der Waals surface area contributed by atoms with Gasteiger partial charge in [-0.15, -0.1) is 11.8 Å². The molecule has 1 aliphatic heterocycles. The van der Waals surface area contributed by atoms with E-state index >= 15 is 0 Å². The van der Waals surface area contributed by atoms with Gasteiger partial charge in [0.2, 0.25) is 0 Å². The van der Waals surface area contributed by atoms with Crippen molar-refractivity contribution in [2.45, 2.75) is 19.2 Å². The quantitative estimate of drug-likeness (QED) is 0.549. The summed E-state index contributed by atoms with van der Waals surface area (Å²) in [5.74, 6) is 2.48. The Morgan fingerprint density at radius 1 is 0.966 bits per heavy atom. The zero-order valence-corrected chi connectivity index (χ0v) is 17.4. The van der Waals surface area contributed by atoms with Crippen LogP contribution in [0, 0.1) is 13.8 Å². The van der Waals surface area contributed by atoms with Crippen LogP contribution in [-0.4, -0.2) is 23.2 Å². The number of para-hydroxylation sites is 1. The van der Waals surface area contributed by atoms with Gasteiger partial charge in [0.1, 0.15) is 16.9 Å². The van der Waals surface area contributed by atoms with Gasteiger partial charge >= 0.3 is 6.03 Å². The minimum absolute atomic E-state index is 0.0270. The predicted molar refractivity (Wildman–Crippen MR) is 120 cm³/mol. The normalized spacial score (nSPS) is 15.9. The summed E-state index contributed by atoms with van der Waals surface area (Å²) in [4.78, 5) is 14.8. The van der Waals surface area contributed by atoms with E-state index in [1.165, 1.54) is 11.1 Å². The lowest BCUT2D eigenvalue weighted by Gasteiger charge is -2.25. The molecule has 0 aromatic heterocycles. The molecule has 0 unspecified atom stereocenters. The summed E-state index contributed by atoms with van der Waals surface area (Å²) in [6.07, 6.45) is 0. The topological polar surface area (TPSA) is 41.6 Å². The van der Waals surface area contributed by atoms with E-state index in [-0.39, 0.29) is 11.4 Å². The maximum atomic E-state index is 12.9. The number of nitrogens with one attached hydrogen (secondary N) is 1. The van der Waals surface area contributed by atoms with Crippen molar-refractivity contribution in [1.82, 2.24) is 4.90 Å². The van der Waals surface area contributed by atoms with Crippen molar-refractivity contribution >= 4 is 23.5 Å². The van der Waals surface area contributed by atoms with Gasteiger partial charge in [-0.25, -0.2) is 4.79 Å². The smallest absolute Gasteiger partial charge is 0.323 e. The largest absolute Gasteiger partial charge is 0.457 e. The van der Waals surface area contributed by atoms with Crippen molar-refractivity contribution in [3.63, 3.8) is 0 Å². The Hall–Kier alpha value is -2.92. The Kier molecular flexibility index (Phi) is 5.76. The highest BCUT2D eigenvalue weighted by atomic mass is 32.2. The zero-order valence-electron chi connectivity index (χ0n) is 16.6. The second kappa shape index (κ2) is 8.62. The van der Waals surface area contributed by atoms with Gasteiger partial charge in [0, 0.05) is 18.0 Å². The van der Waals surface area contributed by atoms with Crippen molar-refractivity contribution < 1.29 is 9.53 Å². The molecule has 1 fully saturated rings. The number of urea groups is 1. The number of aryl methyl sites for hydroxylation is 2. The molecule has 4 nitrogen and oxygen atoms in total. The number of carbonyl (C=O) groups excluding carboxylic acids is 1. The number of hydrogen-bond acceptors (Lipinski definition) is 3. The Morgan fingerprint density at radius 3 is 2.55 bits per heavy atom. The molecule has 148 valence electrons. The van der Waals surface area contributed by atoms with Gasteiger partial charge in [0.25, 0.3) is 0 Å².